The van der Waals surface area contributed by atoms with E-state index in [4.69, 9.17) is 4.74 Å². The molecule has 0 aliphatic heterocycles. The molecule has 0 aromatic heterocycles. The molecule has 0 unspecified atom stereocenters. The van der Waals surface area contributed by atoms with Crippen molar-refractivity contribution in [2.45, 2.75) is 13.0 Å². The largest absolute Gasteiger partial charge is 0.497 e. The molecule has 2 N–H and O–H groups in total. The molecule has 0 amide bonds. The Hall–Kier alpha value is -1.24. The molecule has 0 spiro atoms. The topological polar surface area (TPSA) is 67.8 Å². The van der Waals surface area contributed by atoms with Crippen LogP contribution in [0.1, 0.15) is 18.6 Å². The predicted molar refractivity (Wildman–Crippen MR) is 65.3 cm³/mol. The molecule has 0 aliphatic carbocycles. The van der Waals surface area contributed by atoms with Gasteiger partial charge in [0.15, 0.2) is 0 Å². The lowest BCUT2D eigenvalue weighted by Crippen LogP contribution is -2.24. The van der Waals surface area contributed by atoms with Gasteiger partial charge in [-0.3, -0.25) is 0 Å². The molecule has 0 bridgehead atoms. The van der Waals surface area contributed by atoms with Crippen molar-refractivity contribution < 1.29 is 19.5 Å². The van der Waals surface area contributed by atoms with E-state index < -0.39 is 18.0 Å². The standard InChI is InChI=1S/C11H15NO4S/c1-7(11(14)16-12-17)10(13)8-3-5-9(15-2)6-4-8/h3-7,10,12-13,17H,1-2H3/t7-,10+/m0/s1. The van der Waals surface area contributed by atoms with Crippen LogP contribution in [0.15, 0.2) is 24.3 Å². The maximum atomic E-state index is 11.4. The van der Waals surface area contributed by atoms with E-state index in [2.05, 4.69) is 17.7 Å². The number of ether oxygens (including phenoxy) is 1. The minimum atomic E-state index is -0.935. The van der Waals surface area contributed by atoms with Crippen molar-refractivity contribution >= 4 is 18.8 Å². The zero-order chi connectivity index (χ0) is 12.8. The van der Waals surface area contributed by atoms with Crippen molar-refractivity contribution in [1.82, 2.24) is 4.89 Å². The number of nitrogens with one attached hydrogen (secondary N) is 1. The number of carbonyl (C=O) groups excluding carboxylic acids is 1. The molecule has 0 saturated heterocycles. The zero-order valence-electron chi connectivity index (χ0n) is 9.58. The first-order valence-electron chi connectivity index (χ1n) is 5.02. The van der Waals surface area contributed by atoms with Gasteiger partial charge in [-0.25, -0.2) is 4.79 Å². The lowest BCUT2D eigenvalue weighted by atomic mass is 9.97. The average molecular weight is 257 g/mol. The first-order valence-corrected chi connectivity index (χ1v) is 5.46. The van der Waals surface area contributed by atoms with Gasteiger partial charge in [0.1, 0.15) is 5.75 Å². The number of aliphatic hydroxyl groups is 1. The summed E-state index contributed by atoms with van der Waals surface area (Å²) in [5.41, 5.74) is 0.620. The second-order valence-corrected chi connectivity index (χ2v) is 3.70. The number of rotatable bonds is 5. The average Bonchev–Trinajstić information content (AvgIpc) is 2.37. The molecule has 1 aromatic rings. The number of hydrogen-bond acceptors (Lipinski definition) is 6. The van der Waals surface area contributed by atoms with Crippen molar-refractivity contribution in [2.24, 2.45) is 5.92 Å². The van der Waals surface area contributed by atoms with Gasteiger partial charge in [0, 0.05) is 0 Å². The third kappa shape index (κ3) is 3.62. The molecule has 94 valence electrons. The molecular weight excluding hydrogens is 242 g/mol. The Balaban J connectivity index is 2.73. The Labute approximate surface area is 105 Å². The van der Waals surface area contributed by atoms with Gasteiger partial charge in [-0.15, -0.1) is 0 Å². The van der Waals surface area contributed by atoms with Gasteiger partial charge in [0.05, 0.1) is 19.1 Å². The van der Waals surface area contributed by atoms with E-state index in [9.17, 15) is 9.90 Å². The highest BCUT2D eigenvalue weighted by Gasteiger charge is 2.25. The van der Waals surface area contributed by atoms with Crippen LogP contribution in [0.25, 0.3) is 0 Å². The molecular formula is C11H15NO4S. The van der Waals surface area contributed by atoms with Crippen LogP contribution in [0.2, 0.25) is 0 Å². The van der Waals surface area contributed by atoms with E-state index in [-0.39, 0.29) is 0 Å². The van der Waals surface area contributed by atoms with Crippen LogP contribution in [-0.2, 0) is 9.63 Å². The Bertz CT molecular complexity index is 368. The van der Waals surface area contributed by atoms with Gasteiger partial charge in [-0.05, 0) is 24.6 Å². The Kier molecular flexibility index (Phi) is 5.27. The molecule has 0 saturated carbocycles. The highest BCUT2D eigenvalue weighted by molar-refractivity contribution is 7.77. The summed E-state index contributed by atoms with van der Waals surface area (Å²) < 4.78 is 5.00. The summed E-state index contributed by atoms with van der Waals surface area (Å²) in [6.45, 7) is 1.57. The van der Waals surface area contributed by atoms with E-state index in [1.54, 1.807) is 38.3 Å². The van der Waals surface area contributed by atoms with Gasteiger partial charge >= 0.3 is 5.97 Å². The highest BCUT2D eigenvalue weighted by Crippen LogP contribution is 2.24. The number of thiol groups is 1. The summed E-state index contributed by atoms with van der Waals surface area (Å²) in [6, 6.07) is 6.82. The van der Waals surface area contributed by atoms with Gasteiger partial charge in [0.2, 0.25) is 0 Å². The van der Waals surface area contributed by atoms with Crippen LogP contribution in [0.5, 0.6) is 5.75 Å². The fraction of sp³-hybridized carbons (Fsp3) is 0.364. The summed E-state index contributed by atoms with van der Waals surface area (Å²) in [4.78, 5) is 17.8. The number of methoxy groups -OCH3 is 1. The summed E-state index contributed by atoms with van der Waals surface area (Å²) >= 11 is 3.55. The van der Waals surface area contributed by atoms with Crippen molar-refractivity contribution in [2.75, 3.05) is 7.11 Å². The van der Waals surface area contributed by atoms with Crippen molar-refractivity contribution in [1.29, 1.82) is 0 Å². The molecule has 0 heterocycles. The lowest BCUT2D eigenvalue weighted by molar-refractivity contribution is -0.155. The van der Waals surface area contributed by atoms with Gasteiger partial charge in [-0.1, -0.05) is 29.8 Å². The van der Waals surface area contributed by atoms with E-state index >= 15 is 0 Å². The van der Waals surface area contributed by atoms with Crippen LogP contribution in [0.4, 0.5) is 0 Å². The lowest BCUT2D eigenvalue weighted by Gasteiger charge is -2.17. The highest BCUT2D eigenvalue weighted by atomic mass is 32.1. The monoisotopic (exact) mass is 257 g/mol. The fourth-order valence-electron chi connectivity index (χ4n) is 1.36. The number of carbonyl (C=O) groups is 1. The molecule has 1 aromatic carbocycles. The van der Waals surface area contributed by atoms with E-state index in [1.807, 2.05) is 4.89 Å². The summed E-state index contributed by atoms with van der Waals surface area (Å²) in [5.74, 6) is -0.584. The number of benzene rings is 1. The summed E-state index contributed by atoms with van der Waals surface area (Å²) in [7, 11) is 1.56. The van der Waals surface area contributed by atoms with Crippen LogP contribution < -0.4 is 9.62 Å². The van der Waals surface area contributed by atoms with Crippen LogP contribution >= 0.6 is 12.8 Å². The third-order valence-electron chi connectivity index (χ3n) is 2.45. The maximum absolute atomic E-state index is 11.4. The van der Waals surface area contributed by atoms with Crippen LogP contribution in [0.3, 0.4) is 0 Å². The Morgan fingerprint density at radius 1 is 1.41 bits per heavy atom. The van der Waals surface area contributed by atoms with Crippen molar-refractivity contribution in [3.8, 4) is 5.75 Å². The second kappa shape index (κ2) is 6.48. The maximum Gasteiger partial charge on any atom is 0.331 e. The predicted octanol–water partition coefficient (Wildman–Crippen LogP) is 1.26. The number of hydrogen-bond donors (Lipinski definition) is 3. The van der Waals surface area contributed by atoms with Crippen LogP contribution in [-0.4, -0.2) is 18.2 Å². The van der Waals surface area contributed by atoms with E-state index in [0.717, 1.165) is 0 Å². The van der Waals surface area contributed by atoms with Gasteiger partial charge in [0.25, 0.3) is 0 Å². The second-order valence-electron chi connectivity index (χ2n) is 3.52. The quantitative estimate of drug-likeness (QED) is 0.547. The van der Waals surface area contributed by atoms with Gasteiger partial charge < -0.3 is 14.7 Å². The molecule has 0 radical (unpaired) electrons. The first kappa shape index (κ1) is 13.8. The minimum absolute atomic E-state index is 0.580. The molecule has 0 fully saturated rings. The van der Waals surface area contributed by atoms with E-state index in [1.165, 1.54) is 0 Å². The van der Waals surface area contributed by atoms with E-state index in [0.29, 0.717) is 11.3 Å². The van der Waals surface area contributed by atoms with Crippen molar-refractivity contribution in [3.05, 3.63) is 29.8 Å². The molecule has 17 heavy (non-hydrogen) atoms. The molecule has 2 atom stereocenters. The molecule has 0 aliphatic rings. The molecule has 1 rings (SSSR count). The Morgan fingerprint density at radius 2 is 2.00 bits per heavy atom. The van der Waals surface area contributed by atoms with Crippen LogP contribution in [0, 0.1) is 5.92 Å². The SMILES string of the molecule is COc1ccc([C@H](O)[C@H](C)C(=O)ONS)cc1. The third-order valence-corrected chi connectivity index (χ3v) is 2.54. The summed E-state index contributed by atoms with van der Waals surface area (Å²) in [5, 5.41) is 9.96. The molecule has 5 nitrogen and oxygen atoms in total. The first-order chi connectivity index (χ1) is 8.10. The molecule has 6 heteroatoms. The normalized spacial score (nSPS) is 13.9. The smallest absolute Gasteiger partial charge is 0.331 e. The zero-order valence-corrected chi connectivity index (χ0v) is 10.5. The summed E-state index contributed by atoms with van der Waals surface area (Å²) in [6.07, 6.45) is -0.935. The van der Waals surface area contributed by atoms with Crippen molar-refractivity contribution in [3.63, 3.8) is 0 Å². The Morgan fingerprint density at radius 3 is 2.47 bits per heavy atom. The van der Waals surface area contributed by atoms with Gasteiger partial charge in [-0.2, -0.15) is 0 Å². The fourth-order valence-corrected chi connectivity index (χ4v) is 1.45. The number of aliphatic hydroxyl groups excluding tert-OH is 1. The minimum Gasteiger partial charge on any atom is -0.497 e.